The van der Waals surface area contributed by atoms with E-state index in [-0.39, 0.29) is 5.91 Å². The number of ether oxygens (including phenoxy) is 1. The SMILES string of the molecule is COC(=O)c1ccccc1NC(=O)C=Cc1ccc(-c2ccccc2)o1. The van der Waals surface area contributed by atoms with Crippen LogP contribution in [0.2, 0.25) is 0 Å². The number of carbonyl (C=O) groups excluding carboxylic acids is 2. The molecule has 0 bridgehead atoms. The van der Waals surface area contributed by atoms with Crippen molar-refractivity contribution in [2.75, 3.05) is 12.4 Å². The van der Waals surface area contributed by atoms with E-state index in [1.807, 2.05) is 36.4 Å². The van der Waals surface area contributed by atoms with Crippen LogP contribution in [-0.2, 0) is 9.53 Å². The molecule has 0 radical (unpaired) electrons. The average Bonchev–Trinajstić information content (AvgIpc) is 3.16. The minimum Gasteiger partial charge on any atom is -0.465 e. The van der Waals surface area contributed by atoms with Crippen LogP contribution in [0.25, 0.3) is 17.4 Å². The highest BCUT2D eigenvalue weighted by atomic mass is 16.5. The van der Waals surface area contributed by atoms with Gasteiger partial charge in [0.2, 0.25) is 5.91 Å². The molecule has 3 rings (SSSR count). The van der Waals surface area contributed by atoms with Crippen molar-refractivity contribution in [1.29, 1.82) is 0 Å². The standard InChI is InChI=1S/C21H17NO4/c1-25-21(24)17-9-5-6-10-18(17)22-20(23)14-12-16-11-13-19(26-16)15-7-3-2-4-8-15/h2-14H,1H3,(H,22,23). The molecular formula is C21H17NO4. The van der Waals surface area contributed by atoms with Crippen LogP contribution in [0.3, 0.4) is 0 Å². The number of nitrogens with one attached hydrogen (secondary N) is 1. The molecule has 1 aromatic heterocycles. The number of carbonyl (C=O) groups is 2. The van der Waals surface area contributed by atoms with Crippen molar-refractivity contribution < 1.29 is 18.7 Å². The fourth-order valence-corrected chi connectivity index (χ4v) is 2.41. The summed E-state index contributed by atoms with van der Waals surface area (Å²) in [5.74, 6) is 0.393. The molecule has 1 heterocycles. The number of hydrogen-bond acceptors (Lipinski definition) is 4. The normalized spacial score (nSPS) is 10.7. The molecule has 0 fully saturated rings. The van der Waals surface area contributed by atoms with E-state index in [1.165, 1.54) is 13.2 Å². The summed E-state index contributed by atoms with van der Waals surface area (Å²) in [6.07, 6.45) is 2.92. The maximum absolute atomic E-state index is 12.1. The summed E-state index contributed by atoms with van der Waals surface area (Å²) in [5, 5.41) is 2.67. The van der Waals surface area contributed by atoms with Gasteiger partial charge in [-0.25, -0.2) is 4.79 Å². The van der Waals surface area contributed by atoms with Crippen molar-refractivity contribution in [2.45, 2.75) is 0 Å². The summed E-state index contributed by atoms with van der Waals surface area (Å²) in [4.78, 5) is 23.9. The van der Waals surface area contributed by atoms with Gasteiger partial charge in [-0.2, -0.15) is 0 Å². The van der Waals surface area contributed by atoms with Gasteiger partial charge in [0.15, 0.2) is 0 Å². The van der Waals surface area contributed by atoms with Gasteiger partial charge in [0, 0.05) is 11.6 Å². The van der Waals surface area contributed by atoms with Crippen LogP contribution in [0.15, 0.2) is 77.2 Å². The summed E-state index contributed by atoms with van der Waals surface area (Å²) in [7, 11) is 1.29. The molecule has 0 saturated heterocycles. The van der Waals surface area contributed by atoms with E-state index in [4.69, 9.17) is 9.15 Å². The summed E-state index contributed by atoms with van der Waals surface area (Å²) in [6, 6.07) is 20.0. The minimum atomic E-state index is -0.511. The fourth-order valence-electron chi connectivity index (χ4n) is 2.41. The van der Waals surface area contributed by atoms with Crippen molar-refractivity contribution in [3.8, 4) is 11.3 Å². The Hall–Kier alpha value is -3.60. The van der Waals surface area contributed by atoms with Gasteiger partial charge in [-0.05, 0) is 30.3 Å². The van der Waals surface area contributed by atoms with E-state index < -0.39 is 5.97 Å². The molecule has 0 unspecified atom stereocenters. The van der Waals surface area contributed by atoms with Crippen LogP contribution >= 0.6 is 0 Å². The molecule has 2 aromatic carbocycles. The van der Waals surface area contributed by atoms with E-state index >= 15 is 0 Å². The van der Waals surface area contributed by atoms with Crippen molar-refractivity contribution in [1.82, 2.24) is 0 Å². The van der Waals surface area contributed by atoms with E-state index in [1.54, 1.807) is 36.4 Å². The Bertz CT molecular complexity index is 941. The van der Waals surface area contributed by atoms with Crippen LogP contribution in [0.1, 0.15) is 16.1 Å². The highest BCUT2D eigenvalue weighted by Crippen LogP contribution is 2.22. The Morgan fingerprint density at radius 3 is 2.46 bits per heavy atom. The lowest BCUT2D eigenvalue weighted by atomic mass is 10.2. The molecule has 0 aliphatic heterocycles. The maximum Gasteiger partial charge on any atom is 0.339 e. The molecule has 5 heteroatoms. The number of para-hydroxylation sites is 1. The number of anilines is 1. The zero-order chi connectivity index (χ0) is 18.4. The Morgan fingerprint density at radius 2 is 1.69 bits per heavy atom. The first-order chi connectivity index (χ1) is 12.7. The highest BCUT2D eigenvalue weighted by molar-refractivity contribution is 6.06. The Kier molecular flexibility index (Phi) is 5.29. The first kappa shape index (κ1) is 17.2. The molecule has 0 spiro atoms. The molecule has 0 aliphatic rings. The third kappa shape index (κ3) is 4.08. The smallest absolute Gasteiger partial charge is 0.339 e. The van der Waals surface area contributed by atoms with Crippen molar-refractivity contribution >= 4 is 23.6 Å². The van der Waals surface area contributed by atoms with Crippen molar-refractivity contribution in [2.24, 2.45) is 0 Å². The van der Waals surface area contributed by atoms with Gasteiger partial charge in [0.1, 0.15) is 11.5 Å². The highest BCUT2D eigenvalue weighted by Gasteiger charge is 2.12. The van der Waals surface area contributed by atoms with Gasteiger partial charge in [-0.1, -0.05) is 42.5 Å². The molecule has 0 saturated carbocycles. The molecule has 26 heavy (non-hydrogen) atoms. The van der Waals surface area contributed by atoms with Gasteiger partial charge in [-0.3, -0.25) is 4.79 Å². The predicted molar refractivity (Wildman–Crippen MR) is 99.6 cm³/mol. The molecule has 0 aliphatic carbocycles. The molecule has 3 aromatic rings. The van der Waals surface area contributed by atoms with Crippen LogP contribution in [-0.4, -0.2) is 19.0 Å². The molecule has 1 amide bonds. The van der Waals surface area contributed by atoms with E-state index in [2.05, 4.69) is 5.32 Å². The number of methoxy groups -OCH3 is 1. The quantitative estimate of drug-likeness (QED) is 0.549. The van der Waals surface area contributed by atoms with Crippen LogP contribution in [0.5, 0.6) is 0 Å². The van der Waals surface area contributed by atoms with E-state index in [9.17, 15) is 9.59 Å². The zero-order valence-electron chi connectivity index (χ0n) is 14.1. The number of rotatable bonds is 5. The second kappa shape index (κ2) is 7.98. The second-order valence-electron chi connectivity index (χ2n) is 5.43. The largest absolute Gasteiger partial charge is 0.465 e. The van der Waals surface area contributed by atoms with Crippen LogP contribution in [0, 0.1) is 0 Å². The Morgan fingerprint density at radius 1 is 0.962 bits per heavy atom. The minimum absolute atomic E-state index is 0.293. The summed E-state index contributed by atoms with van der Waals surface area (Å²) < 4.78 is 10.4. The van der Waals surface area contributed by atoms with Gasteiger partial charge in [-0.15, -0.1) is 0 Å². The first-order valence-electron chi connectivity index (χ1n) is 7.99. The van der Waals surface area contributed by atoms with Crippen LogP contribution < -0.4 is 5.32 Å². The van der Waals surface area contributed by atoms with Crippen LogP contribution in [0.4, 0.5) is 5.69 Å². The molecule has 0 atom stereocenters. The van der Waals surface area contributed by atoms with Gasteiger partial charge in [0.05, 0.1) is 18.4 Å². The average molecular weight is 347 g/mol. The third-order valence-electron chi connectivity index (χ3n) is 3.67. The fraction of sp³-hybridized carbons (Fsp3) is 0.0476. The lowest BCUT2D eigenvalue weighted by Gasteiger charge is -2.07. The number of esters is 1. The third-order valence-corrected chi connectivity index (χ3v) is 3.67. The second-order valence-corrected chi connectivity index (χ2v) is 5.43. The summed E-state index contributed by atoms with van der Waals surface area (Å²) in [5.41, 5.74) is 1.64. The number of benzene rings is 2. The van der Waals surface area contributed by atoms with Gasteiger partial charge in [0.25, 0.3) is 0 Å². The summed E-state index contributed by atoms with van der Waals surface area (Å²) >= 11 is 0. The first-order valence-corrected chi connectivity index (χ1v) is 7.99. The van der Waals surface area contributed by atoms with Gasteiger partial charge >= 0.3 is 5.97 Å². The zero-order valence-corrected chi connectivity index (χ0v) is 14.1. The Balaban J connectivity index is 1.70. The molecule has 5 nitrogen and oxygen atoms in total. The number of amides is 1. The number of hydrogen-bond donors (Lipinski definition) is 1. The van der Waals surface area contributed by atoms with Crippen molar-refractivity contribution in [3.05, 3.63) is 84.1 Å². The maximum atomic E-state index is 12.1. The predicted octanol–water partition coefficient (Wildman–Crippen LogP) is 4.39. The monoisotopic (exact) mass is 347 g/mol. The lowest BCUT2D eigenvalue weighted by molar-refractivity contribution is -0.111. The van der Waals surface area contributed by atoms with E-state index in [0.717, 1.165) is 11.3 Å². The van der Waals surface area contributed by atoms with Crippen molar-refractivity contribution in [3.63, 3.8) is 0 Å². The van der Waals surface area contributed by atoms with Gasteiger partial charge < -0.3 is 14.5 Å². The number of furan rings is 1. The summed E-state index contributed by atoms with van der Waals surface area (Å²) in [6.45, 7) is 0. The topological polar surface area (TPSA) is 68.5 Å². The molecular weight excluding hydrogens is 330 g/mol. The Labute approximate surface area is 150 Å². The lowest BCUT2D eigenvalue weighted by Crippen LogP contribution is -2.12. The molecule has 1 N–H and O–H groups in total. The van der Waals surface area contributed by atoms with E-state index in [0.29, 0.717) is 17.0 Å². The molecule has 130 valence electrons.